The number of rotatable bonds is 9. The van der Waals surface area contributed by atoms with E-state index >= 15 is 0 Å². The molecule has 1 radical (unpaired) electrons. The highest BCUT2D eigenvalue weighted by Gasteiger charge is 1.94. The van der Waals surface area contributed by atoms with E-state index in [2.05, 4.69) is 18.2 Å². The summed E-state index contributed by atoms with van der Waals surface area (Å²) in [6, 6.07) is 20.9. The summed E-state index contributed by atoms with van der Waals surface area (Å²) in [7, 11) is 0. The molecule has 0 saturated carbocycles. The Morgan fingerprint density at radius 1 is 0.850 bits per heavy atom. The number of unbranched alkanes of at least 4 members (excludes halogenated alkanes) is 2. The normalized spacial score (nSPS) is 10.4. The van der Waals surface area contributed by atoms with E-state index < -0.39 is 0 Å². The maximum Gasteiger partial charge on any atom is 0.119 e. The molecule has 2 heteroatoms. The summed E-state index contributed by atoms with van der Waals surface area (Å²) >= 11 is 0. The third-order valence-electron chi connectivity index (χ3n) is 2.99. The summed E-state index contributed by atoms with van der Waals surface area (Å²) in [5.41, 5.74) is 1.23. The molecule has 2 aromatic carbocycles. The zero-order valence-electron chi connectivity index (χ0n) is 11.8. The molecule has 0 N–H and O–H groups in total. The monoisotopic (exact) mass is 269 g/mol. The van der Waals surface area contributed by atoms with E-state index in [0.29, 0.717) is 6.61 Å². The van der Waals surface area contributed by atoms with Crippen LogP contribution >= 0.6 is 0 Å². The SMILES string of the molecule is [c]1cccc(OCCCCCOCc2ccccc2)c1. The molecule has 2 aromatic rings. The van der Waals surface area contributed by atoms with Crippen molar-refractivity contribution in [3.8, 4) is 5.75 Å². The second-order valence-corrected chi connectivity index (χ2v) is 4.69. The molecular formula is C18H21O2. The molecule has 0 aliphatic heterocycles. The van der Waals surface area contributed by atoms with Crippen LogP contribution in [0.4, 0.5) is 0 Å². The summed E-state index contributed by atoms with van der Waals surface area (Å²) in [5, 5.41) is 0. The third kappa shape index (κ3) is 5.89. The highest BCUT2D eigenvalue weighted by Crippen LogP contribution is 2.09. The highest BCUT2D eigenvalue weighted by molar-refractivity contribution is 5.19. The molecule has 105 valence electrons. The minimum atomic E-state index is 0.706. The van der Waals surface area contributed by atoms with E-state index in [1.165, 1.54) is 5.56 Å². The van der Waals surface area contributed by atoms with Gasteiger partial charge in [-0.25, -0.2) is 0 Å². The van der Waals surface area contributed by atoms with Crippen LogP contribution in [0.1, 0.15) is 24.8 Å². The fourth-order valence-electron chi connectivity index (χ4n) is 1.90. The van der Waals surface area contributed by atoms with E-state index in [1.807, 2.05) is 42.5 Å². The first-order valence-corrected chi connectivity index (χ1v) is 7.16. The lowest BCUT2D eigenvalue weighted by atomic mass is 10.2. The number of hydrogen-bond donors (Lipinski definition) is 0. The molecule has 0 fully saturated rings. The average Bonchev–Trinajstić information content (AvgIpc) is 2.52. The first-order valence-electron chi connectivity index (χ1n) is 7.16. The van der Waals surface area contributed by atoms with Gasteiger partial charge in [-0.15, -0.1) is 0 Å². The third-order valence-corrected chi connectivity index (χ3v) is 2.99. The molecule has 2 rings (SSSR count). The molecule has 2 nitrogen and oxygen atoms in total. The first-order chi connectivity index (χ1) is 9.95. The molecule has 0 spiro atoms. The standard InChI is InChI=1S/C18H21O2/c1-4-10-17(11-5-1)16-19-14-8-3-9-15-20-18-12-6-2-7-13-18/h1-2,4-6,10-13H,3,8-9,14-16H2. The van der Waals surface area contributed by atoms with Crippen molar-refractivity contribution >= 4 is 0 Å². The van der Waals surface area contributed by atoms with Crippen LogP contribution in [0.5, 0.6) is 5.75 Å². The van der Waals surface area contributed by atoms with Crippen LogP contribution in [0.3, 0.4) is 0 Å². The van der Waals surface area contributed by atoms with Gasteiger partial charge in [-0.05, 0) is 43.0 Å². The Labute approximate surface area is 121 Å². The maximum absolute atomic E-state index is 5.64. The van der Waals surface area contributed by atoms with Gasteiger partial charge in [0.25, 0.3) is 0 Å². The Hall–Kier alpha value is -1.80. The van der Waals surface area contributed by atoms with E-state index in [9.17, 15) is 0 Å². The van der Waals surface area contributed by atoms with Crippen LogP contribution < -0.4 is 4.74 Å². The molecule has 20 heavy (non-hydrogen) atoms. The number of ether oxygens (including phenoxy) is 2. The van der Waals surface area contributed by atoms with Crippen molar-refractivity contribution in [3.63, 3.8) is 0 Å². The molecule has 0 bridgehead atoms. The van der Waals surface area contributed by atoms with E-state index in [0.717, 1.165) is 38.2 Å². The van der Waals surface area contributed by atoms with Crippen LogP contribution in [0.15, 0.2) is 54.6 Å². The molecular weight excluding hydrogens is 248 g/mol. The van der Waals surface area contributed by atoms with Crippen molar-refractivity contribution in [1.82, 2.24) is 0 Å². The topological polar surface area (TPSA) is 18.5 Å². The van der Waals surface area contributed by atoms with Crippen molar-refractivity contribution in [2.24, 2.45) is 0 Å². The van der Waals surface area contributed by atoms with Gasteiger partial charge in [0.1, 0.15) is 5.75 Å². The Kier molecular flexibility index (Phi) is 6.69. The summed E-state index contributed by atoms with van der Waals surface area (Å²) in [6.07, 6.45) is 3.27. The molecule has 0 aliphatic carbocycles. The minimum absolute atomic E-state index is 0.706. The van der Waals surface area contributed by atoms with Gasteiger partial charge in [-0.2, -0.15) is 0 Å². The summed E-state index contributed by atoms with van der Waals surface area (Å²) in [6.45, 7) is 2.28. The summed E-state index contributed by atoms with van der Waals surface area (Å²) < 4.78 is 11.2. The molecule has 0 saturated heterocycles. The highest BCUT2D eigenvalue weighted by atomic mass is 16.5. The van der Waals surface area contributed by atoms with Crippen LogP contribution in [-0.4, -0.2) is 13.2 Å². The van der Waals surface area contributed by atoms with Crippen molar-refractivity contribution in [1.29, 1.82) is 0 Å². The van der Waals surface area contributed by atoms with Crippen LogP contribution in [-0.2, 0) is 11.3 Å². The molecule has 0 atom stereocenters. The molecule has 0 heterocycles. The Balaban J connectivity index is 1.44. The van der Waals surface area contributed by atoms with Gasteiger partial charge >= 0.3 is 0 Å². The quantitative estimate of drug-likeness (QED) is 0.633. The predicted molar refractivity (Wildman–Crippen MR) is 80.7 cm³/mol. The van der Waals surface area contributed by atoms with E-state index in [-0.39, 0.29) is 0 Å². The molecule has 0 aromatic heterocycles. The van der Waals surface area contributed by atoms with E-state index in [1.54, 1.807) is 0 Å². The Morgan fingerprint density at radius 2 is 1.70 bits per heavy atom. The zero-order chi connectivity index (χ0) is 13.9. The minimum Gasteiger partial charge on any atom is -0.494 e. The van der Waals surface area contributed by atoms with E-state index in [4.69, 9.17) is 9.47 Å². The van der Waals surface area contributed by atoms with Crippen molar-refractivity contribution in [2.75, 3.05) is 13.2 Å². The van der Waals surface area contributed by atoms with Crippen molar-refractivity contribution in [2.45, 2.75) is 25.9 Å². The Morgan fingerprint density at radius 3 is 2.50 bits per heavy atom. The number of hydrogen-bond acceptors (Lipinski definition) is 2. The zero-order valence-corrected chi connectivity index (χ0v) is 11.8. The van der Waals surface area contributed by atoms with Gasteiger partial charge in [0, 0.05) is 6.61 Å². The first kappa shape index (κ1) is 14.6. The fourth-order valence-corrected chi connectivity index (χ4v) is 1.90. The maximum atomic E-state index is 5.64. The van der Waals surface area contributed by atoms with Gasteiger partial charge < -0.3 is 9.47 Å². The van der Waals surface area contributed by atoms with Crippen LogP contribution in [0, 0.1) is 6.07 Å². The predicted octanol–water partition coefficient (Wildman–Crippen LogP) is 4.25. The Bertz CT molecular complexity index is 408. The second kappa shape index (κ2) is 9.16. The van der Waals surface area contributed by atoms with Gasteiger partial charge in [0.05, 0.1) is 13.2 Å². The van der Waals surface area contributed by atoms with Gasteiger partial charge in [0.2, 0.25) is 0 Å². The second-order valence-electron chi connectivity index (χ2n) is 4.69. The summed E-state index contributed by atoms with van der Waals surface area (Å²) in [4.78, 5) is 0. The largest absolute Gasteiger partial charge is 0.494 e. The van der Waals surface area contributed by atoms with Crippen molar-refractivity contribution in [3.05, 3.63) is 66.2 Å². The van der Waals surface area contributed by atoms with Crippen molar-refractivity contribution < 1.29 is 9.47 Å². The molecule has 0 aliphatic rings. The van der Waals surface area contributed by atoms with Crippen LogP contribution in [0.25, 0.3) is 0 Å². The molecule has 0 amide bonds. The lowest BCUT2D eigenvalue weighted by Crippen LogP contribution is -1.99. The van der Waals surface area contributed by atoms with Gasteiger partial charge in [-0.1, -0.05) is 42.5 Å². The molecule has 0 unspecified atom stereocenters. The fraction of sp³-hybridized carbons (Fsp3) is 0.333. The van der Waals surface area contributed by atoms with Gasteiger partial charge in [-0.3, -0.25) is 0 Å². The van der Waals surface area contributed by atoms with Crippen LogP contribution in [0.2, 0.25) is 0 Å². The number of benzene rings is 2. The average molecular weight is 269 g/mol. The van der Waals surface area contributed by atoms with Gasteiger partial charge in [0.15, 0.2) is 0 Å². The smallest absolute Gasteiger partial charge is 0.119 e. The lowest BCUT2D eigenvalue weighted by Gasteiger charge is -2.06. The lowest BCUT2D eigenvalue weighted by molar-refractivity contribution is 0.116. The summed E-state index contributed by atoms with van der Waals surface area (Å²) in [5.74, 6) is 0.896.